The van der Waals surface area contributed by atoms with Crippen LogP contribution in [0.2, 0.25) is 0 Å². The van der Waals surface area contributed by atoms with Crippen molar-refractivity contribution in [3.05, 3.63) is 29.3 Å². The van der Waals surface area contributed by atoms with Gasteiger partial charge in [-0.25, -0.2) is 4.79 Å². The number of anilines is 1. The third kappa shape index (κ3) is 4.35. The van der Waals surface area contributed by atoms with Crippen molar-refractivity contribution in [1.82, 2.24) is 0 Å². The number of alkyl halides is 3. The summed E-state index contributed by atoms with van der Waals surface area (Å²) in [4.78, 5) is 12.9. The molecule has 0 fully saturated rings. The van der Waals surface area contributed by atoms with Gasteiger partial charge in [0.25, 0.3) is 0 Å². The number of carboxylic acids is 1. The zero-order valence-corrected chi connectivity index (χ0v) is 12.1. The monoisotopic (exact) mass is 305 g/mol. The first-order valence-corrected chi connectivity index (χ1v) is 6.38. The summed E-state index contributed by atoms with van der Waals surface area (Å²) in [5.41, 5.74) is -1.47. The number of hydrogen-bond donors (Lipinski definition) is 1. The van der Waals surface area contributed by atoms with Crippen LogP contribution in [0.1, 0.15) is 29.8 Å². The van der Waals surface area contributed by atoms with E-state index in [4.69, 9.17) is 9.84 Å². The molecular weight excluding hydrogens is 287 g/mol. The van der Waals surface area contributed by atoms with Crippen LogP contribution >= 0.6 is 0 Å². The maximum Gasteiger partial charge on any atom is 0.417 e. The molecule has 4 nitrogen and oxygen atoms in total. The summed E-state index contributed by atoms with van der Waals surface area (Å²) in [6.45, 7) is 4.59. The maximum atomic E-state index is 12.8. The van der Waals surface area contributed by atoms with Crippen LogP contribution in [0.5, 0.6) is 0 Å². The Morgan fingerprint density at radius 1 is 1.38 bits per heavy atom. The Morgan fingerprint density at radius 3 is 2.43 bits per heavy atom. The number of carboxylic acid groups (broad SMARTS) is 1. The van der Waals surface area contributed by atoms with Gasteiger partial charge >= 0.3 is 12.1 Å². The van der Waals surface area contributed by atoms with Crippen LogP contribution in [0.15, 0.2) is 18.2 Å². The van der Waals surface area contributed by atoms with Gasteiger partial charge in [0, 0.05) is 25.4 Å². The standard InChI is InChI=1S/C14H18F3NO3/c1-9(2)18(6-7-21-3)10-4-5-12(14(15,16)17)11(8-10)13(19)20/h4-5,8-9H,6-7H2,1-3H3,(H,19,20). The van der Waals surface area contributed by atoms with Crippen LogP contribution < -0.4 is 4.90 Å². The fourth-order valence-corrected chi connectivity index (χ4v) is 2.01. The summed E-state index contributed by atoms with van der Waals surface area (Å²) >= 11 is 0. The molecule has 0 bridgehead atoms. The molecule has 0 saturated carbocycles. The van der Waals surface area contributed by atoms with Gasteiger partial charge in [-0.15, -0.1) is 0 Å². The smallest absolute Gasteiger partial charge is 0.417 e. The summed E-state index contributed by atoms with van der Waals surface area (Å²) in [5, 5.41) is 9.01. The first-order valence-electron chi connectivity index (χ1n) is 6.38. The number of methoxy groups -OCH3 is 1. The van der Waals surface area contributed by atoms with E-state index in [-0.39, 0.29) is 6.04 Å². The van der Waals surface area contributed by atoms with Crippen LogP contribution in [0, 0.1) is 0 Å². The Balaban J connectivity index is 3.26. The Hall–Kier alpha value is -1.76. The van der Waals surface area contributed by atoms with Crippen molar-refractivity contribution in [2.45, 2.75) is 26.1 Å². The lowest BCUT2D eigenvalue weighted by Gasteiger charge is -2.29. The molecule has 0 aliphatic rings. The largest absolute Gasteiger partial charge is 0.478 e. The van der Waals surface area contributed by atoms with Gasteiger partial charge in [-0.3, -0.25) is 0 Å². The molecule has 1 rings (SSSR count). The molecule has 0 aromatic heterocycles. The van der Waals surface area contributed by atoms with Gasteiger partial charge in [-0.05, 0) is 32.0 Å². The number of nitrogens with zero attached hydrogens (tertiary/aromatic N) is 1. The highest BCUT2D eigenvalue weighted by Crippen LogP contribution is 2.34. The number of halogens is 3. The third-order valence-corrected chi connectivity index (χ3v) is 3.03. The molecule has 0 radical (unpaired) electrons. The predicted octanol–water partition coefficient (Wildman–Crippen LogP) is 3.26. The topological polar surface area (TPSA) is 49.8 Å². The average Bonchev–Trinajstić information content (AvgIpc) is 2.37. The van der Waals surface area contributed by atoms with E-state index in [1.165, 1.54) is 13.2 Å². The Labute approximate surface area is 121 Å². The van der Waals surface area contributed by atoms with Crippen LogP contribution in [0.25, 0.3) is 0 Å². The number of hydrogen-bond acceptors (Lipinski definition) is 3. The number of carbonyl (C=O) groups is 1. The number of rotatable bonds is 6. The minimum atomic E-state index is -4.69. The van der Waals surface area contributed by atoms with Crippen molar-refractivity contribution in [3.63, 3.8) is 0 Å². The van der Waals surface area contributed by atoms with Crippen molar-refractivity contribution in [1.29, 1.82) is 0 Å². The molecule has 1 aromatic carbocycles. The van der Waals surface area contributed by atoms with Crippen LogP contribution in [0.4, 0.5) is 18.9 Å². The second kappa shape index (κ2) is 6.80. The first-order chi connectivity index (χ1) is 9.68. The lowest BCUT2D eigenvalue weighted by molar-refractivity contribution is -0.138. The fourth-order valence-electron chi connectivity index (χ4n) is 2.01. The van der Waals surface area contributed by atoms with E-state index in [1.807, 2.05) is 13.8 Å². The van der Waals surface area contributed by atoms with Crippen molar-refractivity contribution < 1.29 is 27.8 Å². The van der Waals surface area contributed by atoms with Crippen LogP contribution in [-0.4, -0.2) is 37.4 Å². The second-order valence-corrected chi connectivity index (χ2v) is 4.81. The minimum Gasteiger partial charge on any atom is -0.478 e. The van der Waals surface area contributed by atoms with Crippen molar-refractivity contribution in [2.75, 3.05) is 25.2 Å². The van der Waals surface area contributed by atoms with Gasteiger partial charge in [-0.2, -0.15) is 13.2 Å². The SMILES string of the molecule is COCCN(c1ccc(C(F)(F)F)c(C(=O)O)c1)C(C)C. The summed E-state index contributed by atoms with van der Waals surface area (Å²) in [6.07, 6.45) is -4.69. The average molecular weight is 305 g/mol. The van der Waals surface area contributed by atoms with Crippen LogP contribution in [0.3, 0.4) is 0 Å². The lowest BCUT2D eigenvalue weighted by Crippen LogP contribution is -2.34. The van der Waals surface area contributed by atoms with Gasteiger partial charge in [0.2, 0.25) is 0 Å². The van der Waals surface area contributed by atoms with Crippen LogP contribution in [-0.2, 0) is 10.9 Å². The molecule has 0 unspecified atom stereocenters. The van der Waals surface area contributed by atoms with E-state index in [0.717, 1.165) is 12.1 Å². The highest BCUT2D eigenvalue weighted by molar-refractivity contribution is 5.91. The van der Waals surface area contributed by atoms with Gasteiger partial charge < -0.3 is 14.7 Å². The molecule has 0 heterocycles. The third-order valence-electron chi connectivity index (χ3n) is 3.03. The van der Waals surface area contributed by atoms with E-state index in [9.17, 15) is 18.0 Å². The van der Waals surface area contributed by atoms with Crippen molar-refractivity contribution >= 4 is 11.7 Å². The summed E-state index contributed by atoms with van der Waals surface area (Å²) in [7, 11) is 1.52. The Morgan fingerprint density at radius 2 is 2.00 bits per heavy atom. The summed E-state index contributed by atoms with van der Waals surface area (Å²) < 4.78 is 43.4. The predicted molar refractivity (Wildman–Crippen MR) is 72.8 cm³/mol. The fraction of sp³-hybridized carbons (Fsp3) is 0.500. The highest BCUT2D eigenvalue weighted by Gasteiger charge is 2.35. The van der Waals surface area contributed by atoms with E-state index < -0.39 is 23.3 Å². The summed E-state index contributed by atoms with van der Waals surface area (Å²) in [5.74, 6) is -1.60. The first kappa shape index (κ1) is 17.3. The molecule has 0 amide bonds. The molecule has 0 aliphatic heterocycles. The summed E-state index contributed by atoms with van der Waals surface area (Å²) in [6, 6.07) is 3.14. The molecule has 7 heteroatoms. The molecule has 21 heavy (non-hydrogen) atoms. The number of benzene rings is 1. The van der Waals surface area contributed by atoms with Gasteiger partial charge in [0.15, 0.2) is 0 Å². The maximum absolute atomic E-state index is 12.8. The number of ether oxygens (including phenoxy) is 1. The van der Waals surface area contributed by atoms with Gasteiger partial charge in [0.05, 0.1) is 17.7 Å². The Kier molecular flexibility index (Phi) is 5.60. The molecule has 0 spiro atoms. The molecule has 0 saturated heterocycles. The van der Waals surface area contributed by atoms with E-state index in [1.54, 1.807) is 4.90 Å². The second-order valence-electron chi connectivity index (χ2n) is 4.81. The van der Waals surface area contributed by atoms with Gasteiger partial charge in [0.1, 0.15) is 0 Å². The molecule has 0 aliphatic carbocycles. The molecule has 118 valence electrons. The van der Waals surface area contributed by atoms with E-state index >= 15 is 0 Å². The highest BCUT2D eigenvalue weighted by atomic mass is 19.4. The van der Waals surface area contributed by atoms with Crippen molar-refractivity contribution in [2.24, 2.45) is 0 Å². The molecular formula is C14H18F3NO3. The molecule has 1 aromatic rings. The lowest BCUT2D eigenvalue weighted by atomic mass is 10.0. The number of aromatic carboxylic acids is 1. The zero-order chi connectivity index (χ0) is 16.2. The van der Waals surface area contributed by atoms with E-state index in [2.05, 4.69) is 0 Å². The quantitative estimate of drug-likeness (QED) is 0.876. The molecule has 1 N–H and O–H groups in total. The van der Waals surface area contributed by atoms with Gasteiger partial charge in [-0.1, -0.05) is 0 Å². The van der Waals surface area contributed by atoms with E-state index in [0.29, 0.717) is 18.8 Å². The normalized spacial score (nSPS) is 11.8. The Bertz CT molecular complexity index is 501. The molecule has 0 atom stereocenters. The van der Waals surface area contributed by atoms with Crippen molar-refractivity contribution in [3.8, 4) is 0 Å². The minimum absolute atomic E-state index is 0.00136. The zero-order valence-electron chi connectivity index (χ0n) is 12.1.